The van der Waals surface area contributed by atoms with Crippen molar-refractivity contribution in [3.8, 4) is 0 Å². The van der Waals surface area contributed by atoms with Gasteiger partial charge in [0.2, 0.25) is 5.91 Å². The highest BCUT2D eigenvalue weighted by atomic mass is 19.1. The van der Waals surface area contributed by atoms with Crippen molar-refractivity contribution in [2.24, 2.45) is 0 Å². The molecule has 0 aliphatic carbocycles. The third kappa shape index (κ3) is 4.78. The summed E-state index contributed by atoms with van der Waals surface area (Å²) in [6, 6.07) is 2.21. The van der Waals surface area contributed by atoms with E-state index in [1.165, 1.54) is 13.8 Å². The predicted octanol–water partition coefficient (Wildman–Crippen LogP) is 2.06. The van der Waals surface area contributed by atoms with Gasteiger partial charge in [0, 0.05) is 39.1 Å². The zero-order valence-corrected chi connectivity index (χ0v) is 18.3. The Morgan fingerprint density at radius 2 is 1.85 bits per heavy atom. The Hall–Kier alpha value is -3.57. The number of anilines is 2. The second kappa shape index (κ2) is 9.12. The van der Waals surface area contributed by atoms with Crippen LogP contribution in [0.25, 0.3) is 0 Å². The zero-order chi connectivity index (χ0) is 23.7. The molecule has 0 unspecified atom stereocenters. The van der Waals surface area contributed by atoms with E-state index in [1.54, 1.807) is 15.8 Å². The smallest absolute Gasteiger partial charge is 0.414 e. The van der Waals surface area contributed by atoms with Crippen LogP contribution in [0.1, 0.15) is 43.2 Å². The summed E-state index contributed by atoms with van der Waals surface area (Å²) in [6.07, 6.45) is 1.41. The quantitative estimate of drug-likeness (QED) is 0.655. The van der Waals surface area contributed by atoms with Gasteiger partial charge in [0.25, 0.3) is 0 Å². The highest BCUT2D eigenvalue weighted by Crippen LogP contribution is 2.34. The molecule has 0 radical (unpaired) electrons. The summed E-state index contributed by atoms with van der Waals surface area (Å²) < 4.78 is 36.7. The van der Waals surface area contributed by atoms with Crippen LogP contribution < -0.4 is 15.1 Å². The molecule has 176 valence electrons. The molecule has 2 saturated heterocycles. The molecule has 33 heavy (non-hydrogen) atoms. The number of amides is 2. The number of halogens is 2. The van der Waals surface area contributed by atoms with Gasteiger partial charge >= 0.3 is 6.09 Å². The lowest BCUT2D eigenvalue weighted by Crippen LogP contribution is -2.36. The first kappa shape index (κ1) is 22.6. The third-order valence-corrected chi connectivity index (χ3v) is 5.79. The number of carbonyl (C=O) groups excluding carboxylic acids is 3. The van der Waals surface area contributed by atoms with Crippen LogP contribution in [0.2, 0.25) is 0 Å². The number of cyclic esters (lactones) is 1. The average Bonchev–Trinajstić information content (AvgIpc) is 3.39. The topological polar surface area (TPSA) is 110 Å². The summed E-state index contributed by atoms with van der Waals surface area (Å²) in [5.74, 6) is -1.99. The van der Waals surface area contributed by atoms with Crippen LogP contribution >= 0.6 is 0 Å². The minimum Gasteiger partial charge on any atom is -0.442 e. The molecule has 1 atom stereocenters. The second-order valence-corrected chi connectivity index (χ2v) is 8.17. The first-order valence-corrected chi connectivity index (χ1v) is 10.6. The number of ether oxygens (including phenoxy) is 1. The Bertz CT molecular complexity index is 1060. The van der Waals surface area contributed by atoms with Crippen molar-refractivity contribution in [2.45, 2.75) is 38.8 Å². The molecule has 12 heteroatoms. The molecule has 0 spiro atoms. The largest absolute Gasteiger partial charge is 0.442 e. The molecule has 2 aliphatic rings. The first-order chi connectivity index (χ1) is 15.7. The van der Waals surface area contributed by atoms with E-state index in [9.17, 15) is 23.2 Å². The Labute approximate surface area is 188 Å². The lowest BCUT2D eigenvalue weighted by Gasteiger charge is -2.34. The molecule has 2 amide bonds. The molecular formula is C21H24F2N6O4. The number of aromatic nitrogens is 3. The number of rotatable bonds is 6. The number of hydrogen-bond donors (Lipinski definition) is 1. The van der Waals surface area contributed by atoms with E-state index in [0.717, 1.165) is 17.0 Å². The van der Waals surface area contributed by atoms with E-state index in [4.69, 9.17) is 4.74 Å². The monoisotopic (exact) mass is 462 g/mol. The molecule has 4 rings (SSSR count). The Balaban J connectivity index is 1.43. The zero-order valence-electron chi connectivity index (χ0n) is 18.3. The molecular weight excluding hydrogens is 438 g/mol. The summed E-state index contributed by atoms with van der Waals surface area (Å²) in [6.45, 7) is 3.72. The maximum Gasteiger partial charge on any atom is 0.414 e. The molecule has 1 aromatic carbocycles. The maximum atomic E-state index is 15.0. The van der Waals surface area contributed by atoms with Gasteiger partial charge in [-0.3, -0.25) is 14.5 Å². The summed E-state index contributed by atoms with van der Waals surface area (Å²) in [7, 11) is 0. The lowest BCUT2D eigenvalue weighted by molar-refractivity contribution is -0.119. The summed E-state index contributed by atoms with van der Waals surface area (Å²) in [4.78, 5) is 37.4. The number of ketones is 1. The molecule has 0 bridgehead atoms. The van der Waals surface area contributed by atoms with Gasteiger partial charge < -0.3 is 15.0 Å². The van der Waals surface area contributed by atoms with Gasteiger partial charge in [0.05, 0.1) is 31.0 Å². The number of benzene rings is 1. The molecule has 2 fully saturated rings. The molecule has 1 N–H and O–H groups in total. The van der Waals surface area contributed by atoms with E-state index in [0.29, 0.717) is 25.9 Å². The van der Waals surface area contributed by atoms with Gasteiger partial charge in [-0.2, -0.15) is 0 Å². The van der Waals surface area contributed by atoms with Crippen LogP contribution in [0.5, 0.6) is 0 Å². The van der Waals surface area contributed by atoms with E-state index in [2.05, 4.69) is 15.6 Å². The summed E-state index contributed by atoms with van der Waals surface area (Å²) in [5.41, 5.74) is 0.186. The van der Waals surface area contributed by atoms with Crippen molar-refractivity contribution in [2.75, 3.05) is 36.0 Å². The Morgan fingerprint density at radius 1 is 1.18 bits per heavy atom. The van der Waals surface area contributed by atoms with Gasteiger partial charge in [-0.05, 0) is 12.8 Å². The van der Waals surface area contributed by atoms with Crippen LogP contribution in [0.4, 0.5) is 25.0 Å². The lowest BCUT2D eigenvalue weighted by atomic mass is 10.0. The number of nitrogens with zero attached hydrogens (tertiary/aromatic N) is 5. The molecule has 10 nitrogen and oxygen atoms in total. The minimum atomic E-state index is -0.777. The first-order valence-electron chi connectivity index (χ1n) is 10.6. The van der Waals surface area contributed by atoms with E-state index in [-0.39, 0.29) is 47.9 Å². The molecule has 1 aromatic heterocycles. The van der Waals surface area contributed by atoms with Crippen LogP contribution in [-0.2, 0) is 9.53 Å². The van der Waals surface area contributed by atoms with Crippen molar-refractivity contribution in [3.63, 3.8) is 0 Å². The molecule has 2 aromatic rings. The Morgan fingerprint density at radius 3 is 2.42 bits per heavy atom. The fourth-order valence-corrected chi connectivity index (χ4v) is 4.08. The third-order valence-electron chi connectivity index (χ3n) is 5.79. The highest BCUT2D eigenvalue weighted by molar-refractivity contribution is 5.91. The number of nitrogens with one attached hydrogen (secondary N) is 1. The van der Waals surface area contributed by atoms with Gasteiger partial charge in [0.15, 0.2) is 17.4 Å². The number of hydrogen-bond acceptors (Lipinski definition) is 7. The second-order valence-electron chi connectivity index (χ2n) is 8.17. The molecule has 0 saturated carbocycles. The molecule has 2 aliphatic heterocycles. The number of Topliss-reactive ketones (excluding diaryl/α,β-unsaturated/α-hetero) is 1. The summed E-state index contributed by atoms with van der Waals surface area (Å²) >= 11 is 0. The molecule has 3 heterocycles. The Kier molecular flexibility index (Phi) is 6.25. The van der Waals surface area contributed by atoms with Crippen molar-refractivity contribution < 1.29 is 27.9 Å². The van der Waals surface area contributed by atoms with Gasteiger partial charge in [-0.15, -0.1) is 5.10 Å². The normalized spacial score (nSPS) is 19.0. The number of carbonyl (C=O) groups is 3. The van der Waals surface area contributed by atoms with E-state index < -0.39 is 23.8 Å². The van der Waals surface area contributed by atoms with Gasteiger partial charge in [-0.25, -0.2) is 18.3 Å². The number of piperidine rings is 1. The van der Waals surface area contributed by atoms with Crippen molar-refractivity contribution in [1.29, 1.82) is 0 Å². The SMILES string of the molecule is CC(=O)NC[C@H]1CN(c2cc(F)c(N3CCC(n4cc(C(C)=O)nn4)CC3)c(F)c2)C(=O)O1. The minimum absolute atomic E-state index is 0.0211. The van der Waals surface area contributed by atoms with Crippen LogP contribution in [0, 0.1) is 11.6 Å². The van der Waals surface area contributed by atoms with E-state index >= 15 is 0 Å². The summed E-state index contributed by atoms with van der Waals surface area (Å²) in [5, 5.41) is 10.4. The standard InChI is InChI=1S/C21H24F2N6O4/c1-12(30)19-11-29(26-25-19)14-3-5-27(6-4-14)20-17(22)7-15(8-18(20)23)28-10-16(33-21(28)32)9-24-13(2)31/h7-8,11,14,16H,3-6,9-10H2,1-2H3,(H,24,31)/t16-/m0/s1. The van der Waals surface area contributed by atoms with E-state index in [1.807, 2.05) is 0 Å². The fourth-order valence-electron chi connectivity index (χ4n) is 4.08. The predicted molar refractivity (Wildman–Crippen MR) is 113 cm³/mol. The maximum absolute atomic E-state index is 15.0. The van der Waals surface area contributed by atoms with Gasteiger partial charge in [0.1, 0.15) is 17.5 Å². The van der Waals surface area contributed by atoms with Crippen molar-refractivity contribution >= 4 is 29.2 Å². The van der Waals surface area contributed by atoms with Crippen LogP contribution in [0.3, 0.4) is 0 Å². The van der Waals surface area contributed by atoms with Crippen molar-refractivity contribution in [1.82, 2.24) is 20.3 Å². The van der Waals surface area contributed by atoms with Gasteiger partial charge in [-0.1, -0.05) is 5.21 Å². The fraction of sp³-hybridized carbons (Fsp3) is 0.476. The highest BCUT2D eigenvalue weighted by Gasteiger charge is 2.34. The van der Waals surface area contributed by atoms with Crippen LogP contribution in [-0.4, -0.2) is 65.1 Å². The van der Waals surface area contributed by atoms with Crippen LogP contribution in [0.15, 0.2) is 18.3 Å². The average molecular weight is 462 g/mol. The van der Waals surface area contributed by atoms with Crippen molar-refractivity contribution in [3.05, 3.63) is 35.7 Å².